The van der Waals surface area contributed by atoms with Gasteiger partial charge in [0.05, 0.1) is 24.4 Å². The topological polar surface area (TPSA) is 64.7 Å². The van der Waals surface area contributed by atoms with E-state index in [0.717, 1.165) is 42.7 Å². The predicted molar refractivity (Wildman–Crippen MR) is 67.0 cm³/mol. The molecule has 4 nitrogen and oxygen atoms in total. The third kappa shape index (κ3) is 2.94. The molecule has 2 N–H and O–H groups in total. The smallest absolute Gasteiger partial charge is 0.166 e. The van der Waals surface area contributed by atoms with Crippen LogP contribution in [0.1, 0.15) is 32.1 Å². The Labute approximate surface area is 102 Å². The predicted octanol–water partition coefficient (Wildman–Crippen LogP) is 1.45. The zero-order chi connectivity index (χ0) is 12.3. The Morgan fingerprint density at radius 1 is 1.47 bits per heavy atom. The molecule has 0 amide bonds. The van der Waals surface area contributed by atoms with Crippen molar-refractivity contribution in [1.29, 1.82) is 0 Å². The molecule has 2 aliphatic rings. The SMILES string of the molecule is COCCN=C(C1=C(N)CCCC1=O)C1CC1. The average molecular weight is 236 g/mol. The molecule has 94 valence electrons. The van der Waals surface area contributed by atoms with Crippen molar-refractivity contribution < 1.29 is 9.53 Å². The van der Waals surface area contributed by atoms with Crippen molar-refractivity contribution in [3.63, 3.8) is 0 Å². The van der Waals surface area contributed by atoms with Gasteiger partial charge in [0.25, 0.3) is 0 Å². The number of hydrogen-bond donors (Lipinski definition) is 1. The van der Waals surface area contributed by atoms with Gasteiger partial charge >= 0.3 is 0 Å². The van der Waals surface area contributed by atoms with Gasteiger partial charge in [-0.25, -0.2) is 0 Å². The third-order valence-electron chi connectivity index (χ3n) is 3.25. The van der Waals surface area contributed by atoms with Crippen LogP contribution < -0.4 is 5.73 Å². The summed E-state index contributed by atoms with van der Waals surface area (Å²) in [6, 6.07) is 0. The summed E-state index contributed by atoms with van der Waals surface area (Å²) in [5, 5.41) is 0. The zero-order valence-corrected chi connectivity index (χ0v) is 10.4. The van der Waals surface area contributed by atoms with Crippen LogP contribution in [0.2, 0.25) is 0 Å². The zero-order valence-electron chi connectivity index (χ0n) is 10.4. The van der Waals surface area contributed by atoms with E-state index in [1.54, 1.807) is 7.11 Å². The highest BCUT2D eigenvalue weighted by molar-refractivity contribution is 6.24. The minimum absolute atomic E-state index is 0.178. The average Bonchev–Trinajstić information content (AvgIpc) is 3.10. The molecular weight excluding hydrogens is 216 g/mol. The highest BCUT2D eigenvalue weighted by Crippen LogP contribution is 2.36. The molecule has 0 radical (unpaired) electrons. The van der Waals surface area contributed by atoms with Gasteiger partial charge < -0.3 is 10.5 Å². The first-order valence-corrected chi connectivity index (χ1v) is 6.29. The molecule has 2 rings (SSSR count). The molecule has 0 atom stereocenters. The van der Waals surface area contributed by atoms with Crippen molar-refractivity contribution in [3.05, 3.63) is 11.3 Å². The second kappa shape index (κ2) is 5.45. The molecule has 1 saturated carbocycles. The molecule has 1 fully saturated rings. The number of carbonyl (C=O) groups is 1. The number of hydrogen-bond acceptors (Lipinski definition) is 4. The van der Waals surface area contributed by atoms with Gasteiger partial charge in [-0.3, -0.25) is 9.79 Å². The number of rotatable bonds is 5. The van der Waals surface area contributed by atoms with Crippen molar-refractivity contribution in [1.82, 2.24) is 0 Å². The van der Waals surface area contributed by atoms with E-state index in [0.29, 0.717) is 25.5 Å². The Kier molecular flexibility index (Phi) is 3.94. The van der Waals surface area contributed by atoms with E-state index in [4.69, 9.17) is 10.5 Å². The number of ether oxygens (including phenoxy) is 1. The molecule has 0 heterocycles. The van der Waals surface area contributed by atoms with Crippen LogP contribution in [0.4, 0.5) is 0 Å². The van der Waals surface area contributed by atoms with Crippen molar-refractivity contribution in [2.45, 2.75) is 32.1 Å². The fraction of sp³-hybridized carbons (Fsp3) is 0.692. The number of carbonyl (C=O) groups excluding carboxylic acids is 1. The van der Waals surface area contributed by atoms with Gasteiger partial charge in [0.2, 0.25) is 0 Å². The van der Waals surface area contributed by atoms with Gasteiger partial charge in [0, 0.05) is 25.1 Å². The summed E-state index contributed by atoms with van der Waals surface area (Å²) in [5.74, 6) is 0.638. The quantitative estimate of drug-likeness (QED) is 0.580. The molecular formula is C13H20N2O2. The first kappa shape index (κ1) is 12.3. The lowest BCUT2D eigenvalue weighted by atomic mass is 9.90. The van der Waals surface area contributed by atoms with Crippen LogP contribution in [0.15, 0.2) is 16.3 Å². The fourth-order valence-electron chi connectivity index (χ4n) is 2.20. The number of allylic oxidation sites excluding steroid dienone is 2. The van der Waals surface area contributed by atoms with Gasteiger partial charge in [-0.1, -0.05) is 0 Å². The number of aliphatic imine (C=N–C) groups is 1. The number of ketones is 1. The normalized spacial score (nSPS) is 22.2. The van der Waals surface area contributed by atoms with E-state index in [2.05, 4.69) is 4.99 Å². The fourth-order valence-corrected chi connectivity index (χ4v) is 2.20. The summed E-state index contributed by atoms with van der Waals surface area (Å²) in [4.78, 5) is 16.5. The Bertz CT molecular complexity index is 368. The van der Waals surface area contributed by atoms with Crippen LogP contribution in [0.3, 0.4) is 0 Å². The van der Waals surface area contributed by atoms with Crippen LogP contribution in [0, 0.1) is 5.92 Å². The van der Waals surface area contributed by atoms with Gasteiger partial charge in [-0.2, -0.15) is 0 Å². The maximum Gasteiger partial charge on any atom is 0.166 e. The molecule has 17 heavy (non-hydrogen) atoms. The van der Waals surface area contributed by atoms with E-state index < -0.39 is 0 Å². The Balaban J connectivity index is 2.20. The first-order valence-electron chi connectivity index (χ1n) is 6.29. The summed E-state index contributed by atoms with van der Waals surface area (Å²) < 4.78 is 4.99. The van der Waals surface area contributed by atoms with Gasteiger partial charge in [-0.05, 0) is 25.7 Å². The minimum atomic E-state index is 0.178. The minimum Gasteiger partial charge on any atom is -0.401 e. The van der Waals surface area contributed by atoms with E-state index in [1.165, 1.54) is 0 Å². The Morgan fingerprint density at radius 3 is 2.82 bits per heavy atom. The van der Waals surface area contributed by atoms with Crippen molar-refractivity contribution in [2.24, 2.45) is 16.6 Å². The first-order chi connectivity index (χ1) is 8.24. The van der Waals surface area contributed by atoms with Crippen LogP contribution in [0.25, 0.3) is 0 Å². The maximum absolute atomic E-state index is 12.0. The molecule has 0 bridgehead atoms. The molecule has 0 spiro atoms. The highest BCUT2D eigenvalue weighted by Gasteiger charge is 2.34. The molecule has 0 aromatic carbocycles. The number of Topliss-reactive ketones (excluding diaryl/α,β-unsaturated/α-hetero) is 1. The number of nitrogens with zero attached hydrogens (tertiary/aromatic N) is 1. The summed E-state index contributed by atoms with van der Waals surface area (Å²) in [5.41, 5.74) is 8.41. The monoisotopic (exact) mass is 236 g/mol. The summed E-state index contributed by atoms with van der Waals surface area (Å²) in [6.45, 7) is 1.21. The molecule has 4 heteroatoms. The Hall–Kier alpha value is -1.16. The molecule has 0 aromatic heterocycles. The molecule has 0 aliphatic heterocycles. The lowest BCUT2D eigenvalue weighted by molar-refractivity contribution is -0.115. The van der Waals surface area contributed by atoms with Gasteiger partial charge in [-0.15, -0.1) is 0 Å². The van der Waals surface area contributed by atoms with E-state index in [-0.39, 0.29) is 5.78 Å². The molecule has 0 aromatic rings. The van der Waals surface area contributed by atoms with Crippen molar-refractivity contribution in [2.75, 3.05) is 20.3 Å². The molecule has 0 unspecified atom stereocenters. The molecule has 0 saturated heterocycles. The molecule has 2 aliphatic carbocycles. The van der Waals surface area contributed by atoms with Crippen LogP contribution >= 0.6 is 0 Å². The summed E-state index contributed by atoms with van der Waals surface area (Å²) >= 11 is 0. The number of methoxy groups -OCH3 is 1. The van der Waals surface area contributed by atoms with Crippen LogP contribution in [-0.4, -0.2) is 31.8 Å². The van der Waals surface area contributed by atoms with E-state index in [9.17, 15) is 4.79 Å². The highest BCUT2D eigenvalue weighted by atomic mass is 16.5. The third-order valence-corrected chi connectivity index (χ3v) is 3.25. The van der Waals surface area contributed by atoms with E-state index >= 15 is 0 Å². The van der Waals surface area contributed by atoms with Gasteiger partial charge in [0.1, 0.15) is 0 Å². The standard InChI is InChI=1S/C13H20N2O2/c1-17-8-7-15-13(9-5-6-9)12-10(14)3-2-4-11(12)16/h9H,2-8,14H2,1H3. The van der Waals surface area contributed by atoms with Crippen LogP contribution in [-0.2, 0) is 9.53 Å². The van der Waals surface area contributed by atoms with Crippen LogP contribution in [0.5, 0.6) is 0 Å². The Morgan fingerprint density at radius 2 is 2.24 bits per heavy atom. The maximum atomic E-state index is 12.0. The lowest BCUT2D eigenvalue weighted by Crippen LogP contribution is -2.24. The largest absolute Gasteiger partial charge is 0.401 e. The number of nitrogens with two attached hydrogens (primary N) is 1. The van der Waals surface area contributed by atoms with Crippen molar-refractivity contribution >= 4 is 11.5 Å². The lowest BCUT2D eigenvalue weighted by Gasteiger charge is -2.18. The van der Waals surface area contributed by atoms with Gasteiger partial charge in [0.15, 0.2) is 5.78 Å². The summed E-state index contributed by atoms with van der Waals surface area (Å²) in [6.07, 6.45) is 4.60. The summed E-state index contributed by atoms with van der Waals surface area (Å²) in [7, 11) is 1.66. The second-order valence-electron chi connectivity index (χ2n) is 4.71. The second-order valence-corrected chi connectivity index (χ2v) is 4.71. The van der Waals surface area contributed by atoms with E-state index in [1.807, 2.05) is 0 Å². The van der Waals surface area contributed by atoms with Crippen molar-refractivity contribution in [3.8, 4) is 0 Å².